The van der Waals surface area contributed by atoms with Gasteiger partial charge in [-0.2, -0.15) is 0 Å². The molecule has 0 aliphatic carbocycles. The van der Waals surface area contributed by atoms with Crippen molar-refractivity contribution in [1.82, 2.24) is 5.32 Å². The van der Waals surface area contributed by atoms with Crippen LogP contribution in [0.15, 0.2) is 24.3 Å². The second-order valence-electron chi connectivity index (χ2n) is 5.43. The summed E-state index contributed by atoms with van der Waals surface area (Å²) in [6.07, 6.45) is 2.43. The van der Waals surface area contributed by atoms with E-state index < -0.39 is 0 Å². The fourth-order valence-electron chi connectivity index (χ4n) is 2.04. The molecule has 0 aliphatic heterocycles. The van der Waals surface area contributed by atoms with Crippen molar-refractivity contribution in [3.05, 3.63) is 29.8 Å². The number of nitrogens with one attached hydrogen (secondary N) is 2. The van der Waals surface area contributed by atoms with Crippen LogP contribution in [0.4, 0.5) is 5.69 Å². The smallest absolute Gasteiger partial charge is 0.224 e. The highest BCUT2D eigenvalue weighted by atomic mass is 16.5. The molecule has 0 aliphatic rings. The molecule has 1 aromatic carbocycles. The van der Waals surface area contributed by atoms with Crippen molar-refractivity contribution in [3.63, 3.8) is 0 Å². The summed E-state index contributed by atoms with van der Waals surface area (Å²) in [5, 5.41) is 6.40. The topological polar surface area (TPSA) is 50.4 Å². The maximum absolute atomic E-state index is 11.9. The molecule has 0 saturated carbocycles. The van der Waals surface area contributed by atoms with E-state index in [1.807, 2.05) is 25.1 Å². The first kappa shape index (κ1) is 17.7. The van der Waals surface area contributed by atoms with Crippen LogP contribution in [0.3, 0.4) is 0 Å². The predicted octanol–water partition coefficient (Wildman–Crippen LogP) is 3.50. The van der Waals surface area contributed by atoms with Crippen LogP contribution in [0.5, 0.6) is 0 Å². The van der Waals surface area contributed by atoms with Crippen LogP contribution in [0, 0.1) is 0 Å². The SMILES string of the molecule is CCCNC(C)c1cccc(NC(=O)CCC(C)OC)c1. The Bertz CT molecular complexity index is 435. The summed E-state index contributed by atoms with van der Waals surface area (Å²) < 4.78 is 5.15. The highest BCUT2D eigenvalue weighted by Gasteiger charge is 2.08. The van der Waals surface area contributed by atoms with Gasteiger partial charge in [0.25, 0.3) is 0 Å². The van der Waals surface area contributed by atoms with Gasteiger partial charge >= 0.3 is 0 Å². The minimum atomic E-state index is 0.0326. The van der Waals surface area contributed by atoms with Gasteiger partial charge in [-0.15, -0.1) is 0 Å². The summed E-state index contributed by atoms with van der Waals surface area (Å²) in [5.41, 5.74) is 2.04. The molecular formula is C17H28N2O2. The van der Waals surface area contributed by atoms with Crippen molar-refractivity contribution >= 4 is 11.6 Å². The first-order valence-electron chi connectivity index (χ1n) is 7.72. The molecule has 0 saturated heterocycles. The molecule has 0 spiro atoms. The van der Waals surface area contributed by atoms with E-state index in [0.29, 0.717) is 6.42 Å². The normalized spacial score (nSPS) is 13.7. The van der Waals surface area contributed by atoms with Crippen LogP contribution in [0.1, 0.15) is 51.6 Å². The van der Waals surface area contributed by atoms with Crippen LogP contribution in [-0.2, 0) is 9.53 Å². The molecule has 2 unspecified atom stereocenters. The average molecular weight is 292 g/mol. The monoisotopic (exact) mass is 292 g/mol. The summed E-state index contributed by atoms with van der Waals surface area (Å²) in [5.74, 6) is 0.0326. The lowest BCUT2D eigenvalue weighted by Crippen LogP contribution is -2.19. The fourth-order valence-corrected chi connectivity index (χ4v) is 2.04. The zero-order chi connectivity index (χ0) is 15.7. The summed E-state index contributed by atoms with van der Waals surface area (Å²) in [6, 6.07) is 8.30. The number of hydrogen-bond donors (Lipinski definition) is 2. The van der Waals surface area contributed by atoms with Gasteiger partial charge in [0.05, 0.1) is 6.10 Å². The van der Waals surface area contributed by atoms with E-state index in [-0.39, 0.29) is 18.1 Å². The van der Waals surface area contributed by atoms with Gasteiger partial charge in [-0.05, 0) is 50.9 Å². The van der Waals surface area contributed by atoms with Gasteiger partial charge in [-0.3, -0.25) is 4.79 Å². The van der Waals surface area contributed by atoms with Crippen LogP contribution >= 0.6 is 0 Å². The first-order valence-corrected chi connectivity index (χ1v) is 7.72. The highest BCUT2D eigenvalue weighted by Crippen LogP contribution is 2.17. The number of carbonyl (C=O) groups is 1. The Morgan fingerprint density at radius 1 is 1.33 bits per heavy atom. The van der Waals surface area contributed by atoms with Crippen LogP contribution in [0.2, 0.25) is 0 Å². The molecule has 4 nitrogen and oxygen atoms in total. The van der Waals surface area contributed by atoms with Crippen molar-refractivity contribution in [1.29, 1.82) is 0 Å². The first-order chi connectivity index (χ1) is 10.1. The molecule has 118 valence electrons. The Morgan fingerprint density at radius 2 is 2.10 bits per heavy atom. The number of rotatable bonds is 9. The van der Waals surface area contributed by atoms with E-state index in [0.717, 1.165) is 25.1 Å². The number of hydrogen-bond acceptors (Lipinski definition) is 3. The van der Waals surface area contributed by atoms with Gasteiger partial charge in [0, 0.05) is 25.3 Å². The molecule has 4 heteroatoms. The molecule has 1 amide bonds. The minimum absolute atomic E-state index is 0.0326. The van der Waals surface area contributed by atoms with E-state index in [2.05, 4.69) is 30.5 Å². The molecule has 1 rings (SSSR count). The van der Waals surface area contributed by atoms with Crippen LogP contribution in [0.25, 0.3) is 0 Å². The van der Waals surface area contributed by atoms with Gasteiger partial charge < -0.3 is 15.4 Å². The Hall–Kier alpha value is -1.39. The number of anilines is 1. The van der Waals surface area contributed by atoms with Gasteiger partial charge in [-0.1, -0.05) is 19.1 Å². The third kappa shape index (κ3) is 6.74. The maximum Gasteiger partial charge on any atom is 0.224 e. The second kappa shape index (κ2) is 9.53. The largest absolute Gasteiger partial charge is 0.382 e. The number of benzene rings is 1. The Labute approximate surface area is 128 Å². The molecule has 2 N–H and O–H groups in total. The quantitative estimate of drug-likeness (QED) is 0.732. The summed E-state index contributed by atoms with van der Waals surface area (Å²) >= 11 is 0. The van der Waals surface area contributed by atoms with Crippen LogP contribution < -0.4 is 10.6 Å². The fraction of sp³-hybridized carbons (Fsp3) is 0.588. The van der Waals surface area contributed by atoms with E-state index in [4.69, 9.17) is 4.74 Å². The predicted molar refractivity (Wildman–Crippen MR) is 87.5 cm³/mol. The van der Waals surface area contributed by atoms with Gasteiger partial charge in [0.2, 0.25) is 5.91 Å². The highest BCUT2D eigenvalue weighted by molar-refractivity contribution is 5.90. The lowest BCUT2D eigenvalue weighted by Gasteiger charge is -2.15. The zero-order valence-corrected chi connectivity index (χ0v) is 13.6. The van der Waals surface area contributed by atoms with Crippen molar-refractivity contribution in [2.75, 3.05) is 19.0 Å². The minimum Gasteiger partial charge on any atom is -0.382 e. The third-order valence-corrected chi connectivity index (χ3v) is 3.55. The molecule has 21 heavy (non-hydrogen) atoms. The van der Waals surface area contributed by atoms with E-state index in [1.54, 1.807) is 7.11 Å². The molecule has 2 atom stereocenters. The van der Waals surface area contributed by atoms with Gasteiger partial charge in [0.15, 0.2) is 0 Å². The molecule has 1 aromatic rings. The summed E-state index contributed by atoms with van der Waals surface area (Å²) in [6.45, 7) is 7.25. The molecule has 0 radical (unpaired) electrons. The lowest BCUT2D eigenvalue weighted by atomic mass is 10.1. The zero-order valence-electron chi connectivity index (χ0n) is 13.6. The lowest BCUT2D eigenvalue weighted by molar-refractivity contribution is -0.116. The summed E-state index contributed by atoms with van der Waals surface area (Å²) in [4.78, 5) is 11.9. The van der Waals surface area contributed by atoms with Gasteiger partial charge in [0.1, 0.15) is 0 Å². The Morgan fingerprint density at radius 3 is 2.76 bits per heavy atom. The molecule has 0 bridgehead atoms. The molecule has 0 fully saturated rings. The van der Waals surface area contributed by atoms with Crippen molar-refractivity contribution in [2.45, 2.75) is 52.2 Å². The van der Waals surface area contributed by atoms with Crippen molar-refractivity contribution in [2.24, 2.45) is 0 Å². The molecular weight excluding hydrogens is 264 g/mol. The van der Waals surface area contributed by atoms with Crippen molar-refractivity contribution < 1.29 is 9.53 Å². The number of ether oxygens (including phenoxy) is 1. The van der Waals surface area contributed by atoms with Crippen molar-refractivity contribution in [3.8, 4) is 0 Å². The molecule has 0 aromatic heterocycles. The van der Waals surface area contributed by atoms with Gasteiger partial charge in [-0.25, -0.2) is 0 Å². The number of amides is 1. The Balaban J connectivity index is 2.53. The Kier molecular flexibility index (Phi) is 8.01. The number of carbonyl (C=O) groups excluding carboxylic acids is 1. The second-order valence-corrected chi connectivity index (χ2v) is 5.43. The standard InChI is InChI=1S/C17H28N2O2/c1-5-11-18-14(3)15-7-6-8-16(12-15)19-17(20)10-9-13(2)21-4/h6-8,12-14,18H,5,9-11H2,1-4H3,(H,19,20). The maximum atomic E-state index is 11.9. The average Bonchev–Trinajstić information content (AvgIpc) is 2.50. The van der Waals surface area contributed by atoms with E-state index in [1.165, 1.54) is 5.56 Å². The molecule has 0 heterocycles. The summed E-state index contributed by atoms with van der Waals surface area (Å²) in [7, 11) is 1.66. The van der Waals surface area contributed by atoms with Crippen LogP contribution in [-0.4, -0.2) is 25.7 Å². The van der Waals surface area contributed by atoms with E-state index >= 15 is 0 Å². The number of methoxy groups -OCH3 is 1. The van der Waals surface area contributed by atoms with E-state index in [9.17, 15) is 4.79 Å². The third-order valence-electron chi connectivity index (χ3n) is 3.55.